The Hall–Kier alpha value is -5.81. The smallest absolute Gasteiger partial charge is 0.408 e. The average molecular weight is 781 g/mol. The minimum Gasteiger partial charge on any atom is -0.445 e. The standard InChI is InChI=1S/C46H44N4O4S2/c47-50-44(52)40(32-55-42(35-21-9-2-10-22-35)36-23-11-3-12-24-36)48-43(51)41(49-45(53)54-31-34-19-7-1-8-20-34)33-56-46(37-25-13-4-14-26-37,38-27-15-5-16-28-38)39-29-17-6-18-30-39/h1-30,40-42H,31-33,47H2,(H,48,51)(H,49,53)(H,50,52)/t40-,41-/m0/s1. The zero-order valence-corrected chi connectivity index (χ0v) is 32.3. The zero-order valence-electron chi connectivity index (χ0n) is 30.7. The predicted molar refractivity (Wildman–Crippen MR) is 227 cm³/mol. The van der Waals surface area contributed by atoms with Crippen molar-refractivity contribution in [3.63, 3.8) is 0 Å². The first-order valence-corrected chi connectivity index (χ1v) is 20.3. The highest BCUT2D eigenvalue weighted by atomic mass is 32.2. The molecule has 2 atom stereocenters. The second-order valence-corrected chi connectivity index (χ2v) is 15.3. The van der Waals surface area contributed by atoms with Crippen LogP contribution in [0, 0.1) is 0 Å². The van der Waals surface area contributed by atoms with E-state index in [0.29, 0.717) is 0 Å². The van der Waals surface area contributed by atoms with Crippen molar-refractivity contribution in [2.24, 2.45) is 5.84 Å². The molecule has 10 heteroatoms. The summed E-state index contributed by atoms with van der Waals surface area (Å²) in [5, 5.41) is 5.63. The number of nitrogens with one attached hydrogen (secondary N) is 3. The Morgan fingerprint density at radius 1 is 0.536 bits per heavy atom. The number of alkyl carbamates (subject to hydrolysis) is 1. The topological polar surface area (TPSA) is 123 Å². The molecule has 5 N–H and O–H groups in total. The number of hydrogen-bond donors (Lipinski definition) is 4. The second kappa shape index (κ2) is 20.2. The largest absolute Gasteiger partial charge is 0.445 e. The fourth-order valence-electron chi connectivity index (χ4n) is 6.46. The normalized spacial score (nSPS) is 12.2. The maximum Gasteiger partial charge on any atom is 0.408 e. The van der Waals surface area contributed by atoms with E-state index in [2.05, 4.69) is 52.5 Å². The van der Waals surface area contributed by atoms with Crippen LogP contribution in [0.25, 0.3) is 0 Å². The number of thioether (sulfide) groups is 2. The number of nitrogens with two attached hydrogens (primary N) is 1. The number of carbonyl (C=O) groups excluding carboxylic acids is 3. The SMILES string of the molecule is NNC(=O)[C@H](CSC(c1ccccc1)c1ccccc1)NC(=O)[C@H](CSC(c1ccccc1)(c1ccccc1)c1ccccc1)NC(=O)OCc1ccccc1. The van der Waals surface area contributed by atoms with Crippen LogP contribution in [0.1, 0.15) is 38.6 Å². The molecule has 0 unspecified atom stereocenters. The van der Waals surface area contributed by atoms with E-state index in [1.165, 1.54) is 23.5 Å². The molecule has 6 rings (SSSR count). The lowest BCUT2D eigenvalue weighted by molar-refractivity contribution is -0.129. The van der Waals surface area contributed by atoms with Gasteiger partial charge in [0.1, 0.15) is 18.7 Å². The summed E-state index contributed by atoms with van der Waals surface area (Å²) in [6.07, 6.45) is -0.762. The molecule has 0 aliphatic heterocycles. The summed E-state index contributed by atoms with van der Waals surface area (Å²) in [5.41, 5.74) is 8.13. The summed E-state index contributed by atoms with van der Waals surface area (Å²) in [6, 6.07) is 57.4. The van der Waals surface area contributed by atoms with E-state index in [4.69, 9.17) is 10.6 Å². The summed E-state index contributed by atoms with van der Waals surface area (Å²) in [5.74, 6) is 4.89. The number of hydrazine groups is 1. The van der Waals surface area contributed by atoms with Gasteiger partial charge in [-0.3, -0.25) is 15.0 Å². The van der Waals surface area contributed by atoms with Gasteiger partial charge in [-0.15, -0.1) is 23.5 Å². The van der Waals surface area contributed by atoms with Crippen molar-refractivity contribution in [3.8, 4) is 0 Å². The van der Waals surface area contributed by atoms with Crippen LogP contribution in [0.4, 0.5) is 4.79 Å². The van der Waals surface area contributed by atoms with Crippen molar-refractivity contribution in [1.82, 2.24) is 16.1 Å². The summed E-state index contributed by atoms with van der Waals surface area (Å²) < 4.78 is 4.83. The second-order valence-electron chi connectivity index (χ2n) is 13.0. The lowest BCUT2D eigenvalue weighted by atomic mass is 9.84. The van der Waals surface area contributed by atoms with E-state index in [9.17, 15) is 14.4 Å². The van der Waals surface area contributed by atoms with Crippen LogP contribution < -0.4 is 21.9 Å². The maximum atomic E-state index is 14.5. The predicted octanol–water partition coefficient (Wildman–Crippen LogP) is 8.00. The Labute approximate surface area is 336 Å². The van der Waals surface area contributed by atoms with Crippen molar-refractivity contribution in [3.05, 3.63) is 215 Å². The van der Waals surface area contributed by atoms with Gasteiger partial charge >= 0.3 is 6.09 Å². The number of ether oxygens (including phenoxy) is 1. The summed E-state index contributed by atoms with van der Waals surface area (Å²) in [6.45, 7) is 0.0192. The van der Waals surface area contributed by atoms with Crippen LogP contribution in [-0.2, 0) is 25.7 Å². The number of rotatable bonds is 17. The summed E-state index contributed by atoms with van der Waals surface area (Å²) in [7, 11) is 0. The van der Waals surface area contributed by atoms with Crippen LogP contribution in [0.15, 0.2) is 182 Å². The molecule has 0 aliphatic carbocycles. The fraction of sp³-hybridized carbons (Fsp3) is 0.152. The van der Waals surface area contributed by atoms with E-state index < -0.39 is 34.7 Å². The third-order valence-corrected chi connectivity index (χ3v) is 12.3. The lowest BCUT2D eigenvalue weighted by Gasteiger charge is -2.36. The average Bonchev–Trinajstić information content (AvgIpc) is 3.27. The molecule has 8 nitrogen and oxygen atoms in total. The van der Waals surface area contributed by atoms with Gasteiger partial charge in [0, 0.05) is 11.5 Å². The molecule has 284 valence electrons. The molecule has 0 fully saturated rings. The Balaban J connectivity index is 1.30. The van der Waals surface area contributed by atoms with E-state index in [1.54, 1.807) is 0 Å². The van der Waals surface area contributed by atoms with Crippen molar-refractivity contribution >= 4 is 41.4 Å². The van der Waals surface area contributed by atoms with Gasteiger partial charge in [-0.1, -0.05) is 182 Å². The van der Waals surface area contributed by atoms with Gasteiger partial charge in [0.25, 0.3) is 5.91 Å². The van der Waals surface area contributed by atoms with Gasteiger partial charge in [-0.05, 0) is 33.4 Å². The number of benzene rings is 6. The van der Waals surface area contributed by atoms with Gasteiger partial charge in [0.05, 0.1) is 10.00 Å². The lowest BCUT2D eigenvalue weighted by Crippen LogP contribution is -2.56. The Morgan fingerprint density at radius 3 is 1.39 bits per heavy atom. The molecular formula is C46H44N4O4S2. The molecule has 6 aromatic carbocycles. The Kier molecular flexibility index (Phi) is 14.4. The molecular weight excluding hydrogens is 737 g/mol. The third kappa shape index (κ3) is 10.3. The molecule has 56 heavy (non-hydrogen) atoms. The molecule has 6 aromatic rings. The first kappa shape index (κ1) is 39.9. The van der Waals surface area contributed by atoms with Crippen LogP contribution in [0.3, 0.4) is 0 Å². The van der Waals surface area contributed by atoms with E-state index in [-0.39, 0.29) is 23.4 Å². The maximum absolute atomic E-state index is 14.5. The minimum atomic E-state index is -1.11. The van der Waals surface area contributed by atoms with Crippen LogP contribution in [0.2, 0.25) is 0 Å². The Bertz CT molecular complexity index is 1980. The van der Waals surface area contributed by atoms with Gasteiger partial charge < -0.3 is 15.4 Å². The van der Waals surface area contributed by atoms with E-state index in [1.807, 2.05) is 146 Å². The number of carbonyl (C=O) groups is 3. The van der Waals surface area contributed by atoms with Crippen molar-refractivity contribution in [2.75, 3.05) is 11.5 Å². The third-order valence-electron chi connectivity index (χ3n) is 9.24. The minimum absolute atomic E-state index is 0.0192. The molecule has 0 aliphatic rings. The number of amides is 3. The van der Waals surface area contributed by atoms with E-state index in [0.717, 1.165) is 33.4 Å². The highest BCUT2D eigenvalue weighted by molar-refractivity contribution is 8.00. The van der Waals surface area contributed by atoms with Crippen molar-refractivity contribution in [2.45, 2.75) is 28.7 Å². The number of hydrogen-bond acceptors (Lipinski definition) is 7. The summed E-state index contributed by atoms with van der Waals surface area (Å²) in [4.78, 5) is 41.2. The molecule has 3 amide bonds. The zero-order chi connectivity index (χ0) is 39.0. The quantitative estimate of drug-likeness (QED) is 0.0320. The first-order valence-electron chi connectivity index (χ1n) is 18.3. The highest BCUT2D eigenvalue weighted by Crippen LogP contribution is 2.48. The monoisotopic (exact) mass is 780 g/mol. The molecule has 0 spiro atoms. The van der Waals surface area contributed by atoms with Crippen molar-refractivity contribution in [1.29, 1.82) is 0 Å². The fourth-order valence-corrected chi connectivity index (χ4v) is 9.33. The molecule has 0 bridgehead atoms. The molecule has 0 radical (unpaired) electrons. The van der Waals surface area contributed by atoms with Gasteiger partial charge in [0.15, 0.2) is 0 Å². The summed E-state index contributed by atoms with van der Waals surface area (Å²) >= 11 is 3.03. The van der Waals surface area contributed by atoms with Crippen LogP contribution in [-0.4, -0.2) is 41.5 Å². The van der Waals surface area contributed by atoms with Crippen molar-refractivity contribution < 1.29 is 19.1 Å². The van der Waals surface area contributed by atoms with Crippen LogP contribution >= 0.6 is 23.5 Å². The van der Waals surface area contributed by atoms with Gasteiger partial charge in [0.2, 0.25) is 5.91 Å². The van der Waals surface area contributed by atoms with Crippen LogP contribution in [0.5, 0.6) is 0 Å². The molecule has 0 aromatic heterocycles. The molecule has 0 saturated carbocycles. The molecule has 0 saturated heterocycles. The van der Waals surface area contributed by atoms with E-state index >= 15 is 0 Å². The first-order chi connectivity index (χ1) is 27.5. The Morgan fingerprint density at radius 2 is 0.946 bits per heavy atom. The molecule has 0 heterocycles. The highest BCUT2D eigenvalue weighted by Gasteiger charge is 2.39. The van der Waals surface area contributed by atoms with Gasteiger partial charge in [-0.2, -0.15) is 0 Å². The van der Waals surface area contributed by atoms with Gasteiger partial charge in [-0.25, -0.2) is 10.6 Å².